The van der Waals surface area contributed by atoms with Crippen molar-refractivity contribution in [1.82, 2.24) is 4.98 Å². The smallest absolute Gasteiger partial charge is 0.163 e. The van der Waals surface area contributed by atoms with Crippen LogP contribution in [-0.2, 0) is 5.60 Å². The lowest BCUT2D eigenvalue weighted by atomic mass is 9.86. The average Bonchev–Trinajstić information content (AvgIpc) is 3.74. The third-order valence-electron chi connectivity index (χ3n) is 6.64. The number of aliphatic hydroxyl groups is 1. The fourth-order valence-electron chi connectivity index (χ4n) is 4.41. The highest BCUT2D eigenvalue weighted by molar-refractivity contribution is 5.96. The van der Waals surface area contributed by atoms with Crippen LogP contribution < -0.4 is 14.2 Å². The monoisotopic (exact) mass is 479 g/mol. The van der Waals surface area contributed by atoms with Crippen molar-refractivity contribution < 1.29 is 28.5 Å². The van der Waals surface area contributed by atoms with Crippen LogP contribution in [0, 0.1) is 18.7 Å². The van der Waals surface area contributed by atoms with E-state index in [4.69, 9.17) is 19.2 Å². The summed E-state index contributed by atoms with van der Waals surface area (Å²) in [5, 5.41) is 11.8. The van der Waals surface area contributed by atoms with Crippen molar-refractivity contribution in [3.63, 3.8) is 0 Å². The maximum atomic E-state index is 13.8. The average molecular weight is 480 g/mol. The Morgan fingerprint density at radius 3 is 2.31 bits per heavy atom. The van der Waals surface area contributed by atoms with Crippen LogP contribution in [0.1, 0.15) is 47.3 Å². The second-order valence-corrected chi connectivity index (χ2v) is 8.90. The Morgan fingerprint density at radius 2 is 1.69 bits per heavy atom. The molecule has 1 aromatic heterocycles. The zero-order valence-electron chi connectivity index (χ0n) is 20.4. The number of rotatable bonds is 10. The Morgan fingerprint density at radius 1 is 1.00 bits per heavy atom. The van der Waals surface area contributed by atoms with Crippen molar-refractivity contribution >= 4 is 5.78 Å². The lowest BCUT2D eigenvalue weighted by Crippen LogP contribution is -2.30. The van der Waals surface area contributed by atoms with Gasteiger partial charge in [-0.1, -0.05) is 0 Å². The summed E-state index contributed by atoms with van der Waals surface area (Å²) in [6.45, 7) is 1.69. The molecule has 1 aliphatic carbocycles. The molecule has 1 atom stereocenters. The number of pyridine rings is 1. The van der Waals surface area contributed by atoms with E-state index in [0.717, 1.165) is 12.8 Å². The van der Waals surface area contributed by atoms with Crippen molar-refractivity contribution in [2.45, 2.75) is 38.2 Å². The predicted molar refractivity (Wildman–Crippen MR) is 131 cm³/mol. The summed E-state index contributed by atoms with van der Waals surface area (Å²) in [5.74, 6) is 1.17. The molecule has 0 bridgehead atoms. The molecule has 1 N–H and O–H groups in total. The number of carbonyl (C=O) groups excluding carboxylic acids is 1. The first-order valence-electron chi connectivity index (χ1n) is 11.6. The Hall–Kier alpha value is -3.45. The Labute approximate surface area is 204 Å². The van der Waals surface area contributed by atoms with Gasteiger partial charge in [0.25, 0.3) is 0 Å². The van der Waals surface area contributed by atoms with Crippen molar-refractivity contribution in [1.29, 1.82) is 0 Å². The van der Waals surface area contributed by atoms with Crippen LogP contribution in [0.2, 0.25) is 0 Å². The van der Waals surface area contributed by atoms with E-state index in [-0.39, 0.29) is 30.4 Å². The highest BCUT2D eigenvalue weighted by Gasteiger charge is 2.46. The number of nitrogens with zero attached hydrogens (tertiary/aromatic N) is 1. The third-order valence-corrected chi connectivity index (χ3v) is 6.64. The molecule has 1 heterocycles. The number of ether oxygens (including phenoxy) is 3. The molecule has 184 valence electrons. The van der Waals surface area contributed by atoms with Gasteiger partial charge in [0.1, 0.15) is 22.9 Å². The summed E-state index contributed by atoms with van der Waals surface area (Å²) in [6, 6.07) is 13.3. The maximum Gasteiger partial charge on any atom is 0.163 e. The number of hydrogen-bond acceptors (Lipinski definition) is 6. The molecule has 1 aliphatic rings. The minimum Gasteiger partial charge on any atom is -0.494 e. The molecule has 0 aliphatic heterocycles. The molecule has 2 aromatic carbocycles. The summed E-state index contributed by atoms with van der Waals surface area (Å²) in [4.78, 5) is 17.8. The predicted octanol–water partition coefficient (Wildman–Crippen LogP) is 5.48. The first kappa shape index (κ1) is 24.7. The van der Waals surface area contributed by atoms with Gasteiger partial charge >= 0.3 is 0 Å². The van der Waals surface area contributed by atoms with Gasteiger partial charge in [0.2, 0.25) is 0 Å². The minimum absolute atomic E-state index is 0.0180. The molecular weight excluding hydrogens is 449 g/mol. The zero-order chi connectivity index (χ0) is 25.2. The Bertz CT molecular complexity index is 1240. The van der Waals surface area contributed by atoms with E-state index in [1.807, 2.05) is 0 Å². The van der Waals surface area contributed by atoms with Crippen molar-refractivity contribution in [2.24, 2.45) is 5.92 Å². The molecule has 1 fully saturated rings. The number of methoxy groups -OCH3 is 3. The van der Waals surface area contributed by atoms with Crippen LogP contribution in [0.3, 0.4) is 0 Å². The number of aryl methyl sites for hydroxylation is 1. The lowest BCUT2D eigenvalue weighted by molar-refractivity contribution is -0.00110. The molecule has 7 heteroatoms. The fraction of sp³-hybridized carbons (Fsp3) is 0.357. The summed E-state index contributed by atoms with van der Waals surface area (Å²) in [7, 11) is 4.61. The molecule has 3 aromatic rings. The number of halogens is 1. The van der Waals surface area contributed by atoms with Crippen LogP contribution in [0.25, 0.3) is 11.3 Å². The topological polar surface area (TPSA) is 77.9 Å². The summed E-state index contributed by atoms with van der Waals surface area (Å²) >= 11 is 0. The first-order chi connectivity index (χ1) is 16.8. The van der Waals surface area contributed by atoms with Gasteiger partial charge in [-0.05, 0) is 86.2 Å². The van der Waals surface area contributed by atoms with E-state index < -0.39 is 5.60 Å². The third kappa shape index (κ3) is 5.00. The van der Waals surface area contributed by atoms with Crippen LogP contribution in [0.4, 0.5) is 4.39 Å². The number of aromatic nitrogens is 1. The fourth-order valence-corrected chi connectivity index (χ4v) is 4.41. The quantitative estimate of drug-likeness (QED) is 0.388. The van der Waals surface area contributed by atoms with Gasteiger partial charge in [0.05, 0.1) is 27.0 Å². The van der Waals surface area contributed by atoms with Crippen LogP contribution in [0.5, 0.6) is 17.2 Å². The normalized spacial score (nSPS) is 14.8. The SMILES string of the molecule is COc1ccc(C(=O)CCC(O)(c2ccc(OC)c(-c3ccc(F)c(C)c3)n2)C2CC2)cc1OC. The van der Waals surface area contributed by atoms with Gasteiger partial charge in [0, 0.05) is 17.5 Å². The standard InChI is InChI=1S/C28H30FNO5/c1-17-15-19(5-9-21(17)29)27-24(34-3)11-12-26(30-27)28(32,20-7-8-20)14-13-22(31)18-6-10-23(33-2)25(16-18)35-4/h5-6,9-12,15-16,20,32H,7-8,13-14H2,1-4H3. The molecule has 1 unspecified atom stereocenters. The number of benzene rings is 2. The largest absolute Gasteiger partial charge is 0.494 e. The van der Waals surface area contributed by atoms with Crippen LogP contribution in [0.15, 0.2) is 48.5 Å². The summed E-state index contributed by atoms with van der Waals surface area (Å²) in [6.07, 6.45) is 2.09. The molecule has 0 amide bonds. The van der Waals surface area contributed by atoms with Crippen LogP contribution in [-0.4, -0.2) is 37.2 Å². The van der Waals surface area contributed by atoms with E-state index >= 15 is 0 Å². The number of carbonyl (C=O) groups is 1. The summed E-state index contributed by atoms with van der Waals surface area (Å²) in [5.41, 5.74) is 1.43. The van der Waals surface area contributed by atoms with E-state index in [1.165, 1.54) is 13.2 Å². The van der Waals surface area contributed by atoms with Crippen LogP contribution >= 0.6 is 0 Å². The first-order valence-corrected chi connectivity index (χ1v) is 11.6. The Kier molecular flexibility index (Phi) is 7.08. The number of hydrogen-bond donors (Lipinski definition) is 1. The molecule has 6 nitrogen and oxygen atoms in total. The lowest BCUT2D eigenvalue weighted by Gasteiger charge is -2.28. The van der Waals surface area contributed by atoms with E-state index in [9.17, 15) is 14.3 Å². The Balaban J connectivity index is 1.63. The van der Waals surface area contributed by atoms with Gasteiger partial charge in [0.15, 0.2) is 17.3 Å². The number of Topliss-reactive ketones (excluding diaryl/α,β-unsaturated/α-hetero) is 1. The molecule has 4 rings (SSSR count). The van der Waals surface area contributed by atoms with Gasteiger partial charge < -0.3 is 19.3 Å². The molecule has 0 saturated heterocycles. The highest BCUT2D eigenvalue weighted by atomic mass is 19.1. The molecule has 0 spiro atoms. The van der Waals surface area contributed by atoms with Gasteiger partial charge in [-0.25, -0.2) is 9.37 Å². The summed E-state index contributed by atoms with van der Waals surface area (Å²) < 4.78 is 29.9. The van der Waals surface area contributed by atoms with E-state index in [0.29, 0.717) is 45.3 Å². The molecule has 0 radical (unpaired) electrons. The van der Waals surface area contributed by atoms with Gasteiger partial charge in [-0.2, -0.15) is 0 Å². The molecule has 35 heavy (non-hydrogen) atoms. The maximum absolute atomic E-state index is 13.8. The zero-order valence-corrected chi connectivity index (χ0v) is 20.4. The van der Waals surface area contributed by atoms with E-state index in [1.54, 1.807) is 63.6 Å². The van der Waals surface area contributed by atoms with Crippen molar-refractivity contribution in [2.75, 3.05) is 21.3 Å². The molecular formula is C28H30FNO5. The second-order valence-electron chi connectivity index (χ2n) is 8.90. The molecule has 1 saturated carbocycles. The van der Waals surface area contributed by atoms with Gasteiger partial charge in [-0.3, -0.25) is 4.79 Å². The minimum atomic E-state index is -1.26. The second kappa shape index (κ2) is 10.0. The van der Waals surface area contributed by atoms with Crippen molar-refractivity contribution in [3.8, 4) is 28.5 Å². The van der Waals surface area contributed by atoms with Crippen molar-refractivity contribution in [3.05, 3.63) is 71.2 Å². The highest BCUT2D eigenvalue weighted by Crippen LogP contribution is 2.49. The number of ketones is 1. The van der Waals surface area contributed by atoms with Gasteiger partial charge in [-0.15, -0.1) is 0 Å². The van der Waals surface area contributed by atoms with E-state index in [2.05, 4.69) is 0 Å².